The van der Waals surface area contributed by atoms with Gasteiger partial charge in [-0.1, -0.05) is 250 Å². The minimum atomic E-state index is -1.79. The van der Waals surface area contributed by atoms with Gasteiger partial charge >= 0.3 is 0 Å². The summed E-state index contributed by atoms with van der Waals surface area (Å²) in [6.07, 6.45) is 39.3. The first-order valence-corrected chi connectivity index (χ1v) is 31.1. The molecule has 0 aromatic carbocycles. The highest BCUT2D eigenvalue weighted by atomic mass is 16.7. The van der Waals surface area contributed by atoms with E-state index < -0.39 is 86.8 Å². The molecule has 0 aliphatic carbocycles. The van der Waals surface area contributed by atoms with Crippen molar-refractivity contribution >= 4 is 5.91 Å². The predicted molar refractivity (Wildman–Crippen MR) is 300 cm³/mol. The maximum Gasteiger partial charge on any atom is 0.220 e. The monoisotopic (exact) mass is 1070 g/mol. The zero-order valence-electron chi connectivity index (χ0n) is 47.6. The van der Waals surface area contributed by atoms with E-state index in [1.165, 1.54) is 199 Å². The number of amides is 1. The minimum Gasteiger partial charge on any atom is -0.394 e. The van der Waals surface area contributed by atoms with Gasteiger partial charge in [0.2, 0.25) is 5.91 Å². The largest absolute Gasteiger partial charge is 0.394 e. The highest BCUT2D eigenvalue weighted by molar-refractivity contribution is 5.76. The Kier molecular flexibility index (Phi) is 43.9. The van der Waals surface area contributed by atoms with Crippen LogP contribution in [0.3, 0.4) is 0 Å². The van der Waals surface area contributed by atoms with Crippen molar-refractivity contribution < 1.29 is 64.6 Å². The highest BCUT2D eigenvalue weighted by Gasteiger charge is 2.51. The molecule has 14 nitrogen and oxygen atoms in total. The van der Waals surface area contributed by atoms with Gasteiger partial charge in [0.1, 0.15) is 48.8 Å². The third-order valence-electron chi connectivity index (χ3n) is 15.4. The van der Waals surface area contributed by atoms with E-state index in [0.29, 0.717) is 12.8 Å². The Morgan fingerprint density at radius 2 is 0.853 bits per heavy atom. The van der Waals surface area contributed by atoms with Gasteiger partial charge in [0.05, 0.1) is 32.0 Å². The fraction of sp³-hybridized carbons (Fsp3) is 0.918. The molecule has 2 aliphatic rings. The maximum atomic E-state index is 13.3. The summed E-state index contributed by atoms with van der Waals surface area (Å²) in [6, 6.07) is -0.928. The van der Waals surface area contributed by atoms with Crippen LogP contribution in [0.4, 0.5) is 0 Å². The summed E-state index contributed by atoms with van der Waals surface area (Å²) in [5.74, 6) is -0.244. The first-order chi connectivity index (χ1) is 36.6. The second-order valence-corrected chi connectivity index (χ2v) is 22.2. The van der Waals surface area contributed by atoms with Crippen molar-refractivity contribution in [2.24, 2.45) is 0 Å². The smallest absolute Gasteiger partial charge is 0.220 e. The third kappa shape index (κ3) is 33.0. The standard InChI is InChI=1S/C61H115NO13/c1-3-5-7-9-11-13-15-17-19-21-23-24-25-27-29-31-33-35-37-39-41-43-45-53(66)62-49(50(65)44-42-40-38-36-34-32-30-28-26-22-20-18-16-14-12-10-8-6-4-2)48-72-60-58(71)56(69)59(52(47-64)74-60)75-61-57(70)55(68)54(67)51(46-63)73-61/h34,36,42,44,49-52,54-61,63-65,67-71H,3-33,35,37-41,43,45-48H2,1-2H3,(H,62,66)/b36-34+,44-42+. The van der Waals surface area contributed by atoms with Gasteiger partial charge in [-0.3, -0.25) is 4.79 Å². The second-order valence-electron chi connectivity index (χ2n) is 22.2. The summed E-state index contributed by atoms with van der Waals surface area (Å²) >= 11 is 0. The van der Waals surface area contributed by atoms with Crippen LogP contribution in [0.2, 0.25) is 0 Å². The summed E-state index contributed by atoms with van der Waals surface area (Å²) in [7, 11) is 0. The third-order valence-corrected chi connectivity index (χ3v) is 15.4. The molecule has 0 saturated carbocycles. The van der Waals surface area contributed by atoms with Crippen molar-refractivity contribution in [3.8, 4) is 0 Å². The van der Waals surface area contributed by atoms with Gasteiger partial charge in [-0.2, -0.15) is 0 Å². The van der Waals surface area contributed by atoms with Crippen LogP contribution in [-0.2, 0) is 23.7 Å². The molecule has 1 amide bonds. The van der Waals surface area contributed by atoms with Crippen molar-refractivity contribution in [3.63, 3.8) is 0 Å². The number of aliphatic hydroxyl groups is 8. The molecule has 0 bridgehead atoms. The Labute approximate surface area is 456 Å². The zero-order valence-corrected chi connectivity index (χ0v) is 47.6. The fourth-order valence-corrected chi connectivity index (χ4v) is 10.4. The number of hydrogen-bond donors (Lipinski definition) is 9. The molecule has 0 aromatic rings. The average molecular weight is 1070 g/mol. The van der Waals surface area contributed by atoms with Crippen LogP contribution in [0.15, 0.2) is 24.3 Å². The number of allylic oxidation sites excluding steroid dienone is 3. The van der Waals surface area contributed by atoms with E-state index >= 15 is 0 Å². The van der Waals surface area contributed by atoms with Gasteiger partial charge in [0.25, 0.3) is 0 Å². The van der Waals surface area contributed by atoms with Crippen LogP contribution >= 0.6 is 0 Å². The highest BCUT2D eigenvalue weighted by Crippen LogP contribution is 2.30. The van der Waals surface area contributed by atoms with E-state index in [0.717, 1.165) is 32.1 Å². The maximum absolute atomic E-state index is 13.3. The number of carbonyl (C=O) groups is 1. The van der Waals surface area contributed by atoms with Gasteiger partial charge in [-0.05, 0) is 32.1 Å². The lowest BCUT2D eigenvalue weighted by molar-refractivity contribution is -0.359. The van der Waals surface area contributed by atoms with Crippen molar-refractivity contribution in [3.05, 3.63) is 24.3 Å². The van der Waals surface area contributed by atoms with Crippen LogP contribution < -0.4 is 5.32 Å². The average Bonchev–Trinajstić information content (AvgIpc) is 3.41. The number of carbonyl (C=O) groups excluding carboxylic acids is 1. The van der Waals surface area contributed by atoms with E-state index in [-0.39, 0.29) is 18.9 Å². The SMILES string of the molecule is CCCCCCCCCCCCCCC/C=C/CC/C=C/C(O)C(COC1OC(CO)C(OC2OC(CO)C(O)C(O)C2O)C(O)C1O)NC(=O)CCCCCCCCCCCCCCCCCCCCCCCC. The van der Waals surface area contributed by atoms with Crippen LogP contribution in [0, 0.1) is 0 Å². The second kappa shape index (κ2) is 47.3. The van der Waals surface area contributed by atoms with Crippen molar-refractivity contribution in [1.29, 1.82) is 0 Å². The molecule has 0 aromatic heterocycles. The Hall–Kier alpha value is -1.53. The summed E-state index contributed by atoms with van der Waals surface area (Å²) in [5.41, 5.74) is 0. The molecule has 0 radical (unpaired) electrons. The summed E-state index contributed by atoms with van der Waals surface area (Å²) < 4.78 is 22.8. The lowest BCUT2D eigenvalue weighted by atomic mass is 9.97. The summed E-state index contributed by atoms with van der Waals surface area (Å²) in [6.45, 7) is 2.81. The van der Waals surface area contributed by atoms with E-state index in [1.807, 2.05) is 6.08 Å². The van der Waals surface area contributed by atoms with Crippen molar-refractivity contribution in [2.75, 3.05) is 19.8 Å². The molecule has 12 atom stereocenters. The fourth-order valence-electron chi connectivity index (χ4n) is 10.4. The number of nitrogens with one attached hydrogen (secondary N) is 1. The first kappa shape index (κ1) is 69.6. The molecule has 2 heterocycles. The Morgan fingerprint density at radius 3 is 1.31 bits per heavy atom. The van der Waals surface area contributed by atoms with E-state index in [9.17, 15) is 45.6 Å². The summed E-state index contributed by atoms with van der Waals surface area (Å²) in [5, 5.41) is 87.1. The van der Waals surface area contributed by atoms with Crippen molar-refractivity contribution in [2.45, 2.75) is 338 Å². The molecule has 2 aliphatic heterocycles. The zero-order chi connectivity index (χ0) is 54.6. The molecule has 12 unspecified atom stereocenters. The molecule has 0 spiro atoms. The Balaban J connectivity index is 1.76. The first-order valence-electron chi connectivity index (χ1n) is 31.1. The summed E-state index contributed by atoms with van der Waals surface area (Å²) in [4.78, 5) is 13.3. The lowest BCUT2D eigenvalue weighted by Crippen LogP contribution is -2.65. The van der Waals surface area contributed by atoms with Crippen LogP contribution in [0.25, 0.3) is 0 Å². The lowest BCUT2D eigenvalue weighted by Gasteiger charge is -2.46. The number of rotatable bonds is 50. The van der Waals surface area contributed by atoms with Gasteiger partial charge in [0, 0.05) is 6.42 Å². The van der Waals surface area contributed by atoms with Crippen LogP contribution in [-0.4, -0.2) is 140 Å². The minimum absolute atomic E-state index is 0.244. The number of aliphatic hydroxyl groups excluding tert-OH is 8. The molecule has 75 heavy (non-hydrogen) atoms. The molecular weight excluding hydrogens is 955 g/mol. The number of hydrogen-bond acceptors (Lipinski definition) is 13. The topological polar surface area (TPSA) is 228 Å². The van der Waals surface area contributed by atoms with Crippen LogP contribution in [0.1, 0.15) is 264 Å². The van der Waals surface area contributed by atoms with Gasteiger partial charge in [-0.15, -0.1) is 0 Å². The van der Waals surface area contributed by atoms with Gasteiger partial charge < -0.3 is 65.1 Å². The quantitative estimate of drug-likeness (QED) is 0.0204. The van der Waals surface area contributed by atoms with Gasteiger partial charge in [0.15, 0.2) is 12.6 Å². The molecule has 2 fully saturated rings. The molecule has 2 rings (SSSR count). The van der Waals surface area contributed by atoms with E-state index in [2.05, 4.69) is 31.3 Å². The van der Waals surface area contributed by atoms with E-state index in [1.54, 1.807) is 6.08 Å². The normalized spacial score (nSPS) is 25.1. The Bertz CT molecular complexity index is 1350. The number of unbranched alkanes of at least 4 members (excludes halogenated alkanes) is 35. The van der Waals surface area contributed by atoms with Crippen molar-refractivity contribution in [1.82, 2.24) is 5.32 Å². The predicted octanol–water partition coefficient (Wildman–Crippen LogP) is 10.8. The number of ether oxygens (including phenoxy) is 4. The van der Waals surface area contributed by atoms with E-state index in [4.69, 9.17) is 18.9 Å². The van der Waals surface area contributed by atoms with Gasteiger partial charge in [-0.25, -0.2) is 0 Å². The molecule has 442 valence electrons. The van der Waals surface area contributed by atoms with Crippen LogP contribution in [0.5, 0.6) is 0 Å². The molecule has 2 saturated heterocycles. The molecule has 14 heteroatoms. The molecule has 9 N–H and O–H groups in total. The molecular formula is C61H115NO13. The Morgan fingerprint density at radius 1 is 0.467 bits per heavy atom.